The predicted octanol–water partition coefficient (Wildman–Crippen LogP) is 5.21. The number of aryl methyl sites for hydroxylation is 1. The fourth-order valence-electron chi connectivity index (χ4n) is 3.71. The zero-order valence-corrected chi connectivity index (χ0v) is 19.9. The summed E-state index contributed by atoms with van der Waals surface area (Å²) in [5, 5.41) is 12.2. The van der Waals surface area contributed by atoms with Gasteiger partial charge in [0.05, 0.1) is 12.4 Å². The lowest BCUT2D eigenvalue weighted by Gasteiger charge is -2.19. The average Bonchev–Trinajstić information content (AvgIpc) is 3.18. The molecule has 1 heterocycles. The van der Waals surface area contributed by atoms with E-state index in [-0.39, 0.29) is 22.9 Å². The number of methoxy groups -OCH3 is 1. The van der Waals surface area contributed by atoms with Gasteiger partial charge in [-0.25, -0.2) is 4.39 Å². The second-order valence-corrected chi connectivity index (χ2v) is 9.03. The summed E-state index contributed by atoms with van der Waals surface area (Å²) in [7, 11) is 1.53. The number of anilines is 2. The van der Waals surface area contributed by atoms with E-state index in [1.165, 1.54) is 18.1 Å². The minimum Gasteiger partial charge on any atom is -0.497 e. The van der Waals surface area contributed by atoms with Crippen LogP contribution in [-0.4, -0.2) is 24.2 Å². The van der Waals surface area contributed by atoms with E-state index in [2.05, 4.69) is 5.32 Å². The van der Waals surface area contributed by atoms with Gasteiger partial charge in [0.25, 0.3) is 5.91 Å². The Bertz CT molecular complexity index is 1350. The maximum atomic E-state index is 14.3. The minimum atomic E-state index is -0.710. The number of hydrogen-bond acceptors (Lipinski definition) is 5. The first-order valence-corrected chi connectivity index (χ1v) is 11.7. The van der Waals surface area contributed by atoms with E-state index in [9.17, 15) is 19.2 Å². The molecule has 1 aliphatic heterocycles. The van der Waals surface area contributed by atoms with Gasteiger partial charge in [-0.1, -0.05) is 48.2 Å². The first-order chi connectivity index (χ1) is 16.9. The molecule has 35 heavy (non-hydrogen) atoms. The van der Waals surface area contributed by atoms with E-state index < -0.39 is 17.0 Å². The molecule has 0 radical (unpaired) electrons. The third-order valence-corrected chi connectivity index (χ3v) is 6.86. The molecule has 3 aromatic carbocycles. The number of benzene rings is 3. The molecule has 6 nitrogen and oxygen atoms in total. The van der Waals surface area contributed by atoms with Crippen LogP contribution < -0.4 is 15.0 Å². The molecule has 1 saturated heterocycles. The fourth-order valence-corrected chi connectivity index (χ4v) is 5.01. The van der Waals surface area contributed by atoms with E-state index in [4.69, 9.17) is 4.74 Å². The number of carbonyl (C=O) groups excluding carboxylic acids is 2. The summed E-state index contributed by atoms with van der Waals surface area (Å²) >= 11 is 1.09. The molecule has 2 amide bonds. The number of thioether (sulfide) groups is 1. The van der Waals surface area contributed by atoms with Gasteiger partial charge in [0.2, 0.25) is 5.91 Å². The molecule has 8 heteroatoms. The van der Waals surface area contributed by atoms with Gasteiger partial charge in [-0.15, -0.1) is 0 Å². The molecule has 176 valence electrons. The first-order valence-electron chi connectivity index (χ1n) is 10.8. The van der Waals surface area contributed by atoms with Crippen molar-refractivity contribution in [3.8, 4) is 11.8 Å². The van der Waals surface area contributed by atoms with Crippen molar-refractivity contribution in [3.05, 3.63) is 100 Å². The van der Waals surface area contributed by atoms with Crippen LogP contribution in [0.25, 0.3) is 0 Å². The van der Waals surface area contributed by atoms with Crippen molar-refractivity contribution in [2.24, 2.45) is 0 Å². The number of carbonyl (C=O) groups is 2. The number of halogens is 1. The van der Waals surface area contributed by atoms with E-state index in [0.29, 0.717) is 22.7 Å². The van der Waals surface area contributed by atoms with Crippen LogP contribution in [0, 0.1) is 24.1 Å². The minimum absolute atomic E-state index is 0.116. The smallest absolute Gasteiger partial charge is 0.269 e. The Morgan fingerprint density at radius 3 is 2.46 bits per heavy atom. The fraction of sp³-hybridized carbons (Fsp3) is 0.148. The molecule has 1 atom stereocenters. The highest BCUT2D eigenvalue weighted by atomic mass is 32.2. The highest BCUT2D eigenvalue weighted by Gasteiger charge is 2.41. The van der Waals surface area contributed by atoms with Crippen molar-refractivity contribution < 1.29 is 18.7 Å². The summed E-state index contributed by atoms with van der Waals surface area (Å²) in [6.07, 6.45) is 0.116. The third kappa shape index (κ3) is 5.05. The van der Waals surface area contributed by atoms with Crippen LogP contribution in [0.2, 0.25) is 0 Å². The van der Waals surface area contributed by atoms with Crippen molar-refractivity contribution in [3.63, 3.8) is 0 Å². The molecule has 3 aromatic rings. The molecule has 1 fully saturated rings. The topological polar surface area (TPSA) is 82.4 Å². The van der Waals surface area contributed by atoms with Crippen molar-refractivity contribution in [1.82, 2.24) is 0 Å². The molecule has 0 spiro atoms. The number of rotatable bonds is 6. The second kappa shape index (κ2) is 10.5. The van der Waals surface area contributed by atoms with Gasteiger partial charge in [-0.05, 0) is 60.9 Å². The number of para-hydroxylation sites is 1. The van der Waals surface area contributed by atoms with Gasteiger partial charge in [0.15, 0.2) is 0 Å². The van der Waals surface area contributed by atoms with E-state index in [1.807, 2.05) is 25.1 Å². The molecular formula is C27H22FN3O3S. The maximum Gasteiger partial charge on any atom is 0.269 e. The van der Waals surface area contributed by atoms with E-state index in [1.54, 1.807) is 54.6 Å². The van der Waals surface area contributed by atoms with Crippen molar-refractivity contribution in [1.29, 1.82) is 5.26 Å². The number of nitrogens with zero attached hydrogens (tertiary/aromatic N) is 2. The first kappa shape index (κ1) is 24.0. The average molecular weight is 488 g/mol. The lowest BCUT2D eigenvalue weighted by Crippen LogP contribution is -2.31. The highest BCUT2D eigenvalue weighted by molar-refractivity contribution is 8.05. The van der Waals surface area contributed by atoms with E-state index in [0.717, 1.165) is 17.3 Å². The Morgan fingerprint density at radius 1 is 1.11 bits per heavy atom. The molecule has 0 aromatic heterocycles. The lowest BCUT2D eigenvalue weighted by atomic mass is 10.1. The zero-order valence-electron chi connectivity index (χ0n) is 19.1. The van der Waals surface area contributed by atoms with Crippen LogP contribution in [0.1, 0.15) is 11.1 Å². The molecule has 1 unspecified atom stereocenters. The number of nitrogens with one attached hydrogen (secondary N) is 1. The van der Waals surface area contributed by atoms with Gasteiger partial charge in [0.1, 0.15) is 28.2 Å². The van der Waals surface area contributed by atoms with Gasteiger partial charge in [0, 0.05) is 11.4 Å². The monoisotopic (exact) mass is 487 g/mol. The standard InChI is InChI=1S/C27H22FN3O3S/c1-17-7-3-6-10-23(17)30-25(32)21(16-29)27-31(19-11-13-20(34-2)14-12-19)26(33)24(35-27)15-18-8-4-5-9-22(18)28/h3-14,24H,15H2,1-2H3,(H,30,32)/b27-21-. The van der Waals surface area contributed by atoms with Gasteiger partial charge in [-0.2, -0.15) is 5.26 Å². The van der Waals surface area contributed by atoms with Crippen LogP contribution in [0.4, 0.5) is 15.8 Å². The Labute approximate surface area is 207 Å². The quantitative estimate of drug-likeness (QED) is 0.381. The Kier molecular flexibility index (Phi) is 7.18. The molecule has 1 N–H and O–H groups in total. The summed E-state index contributed by atoms with van der Waals surface area (Å²) in [5.41, 5.74) is 2.07. The Hall–Kier alpha value is -4.09. The molecule has 1 aliphatic rings. The SMILES string of the molecule is COc1ccc(N2C(=O)C(Cc3ccccc3F)S/C2=C(/C#N)C(=O)Nc2ccccc2C)cc1. The maximum absolute atomic E-state index is 14.3. The van der Waals surface area contributed by atoms with E-state index >= 15 is 0 Å². The molecular weight excluding hydrogens is 465 g/mol. The predicted molar refractivity (Wildman–Crippen MR) is 134 cm³/mol. The Balaban J connectivity index is 1.75. The highest BCUT2D eigenvalue weighted by Crippen LogP contribution is 2.42. The van der Waals surface area contributed by atoms with Crippen molar-refractivity contribution in [2.75, 3.05) is 17.3 Å². The summed E-state index contributed by atoms with van der Waals surface area (Å²) in [6.45, 7) is 1.84. The normalized spacial score (nSPS) is 16.6. The number of ether oxygens (including phenoxy) is 1. The summed E-state index contributed by atoms with van der Waals surface area (Å²) in [4.78, 5) is 28.0. The third-order valence-electron chi connectivity index (χ3n) is 5.59. The summed E-state index contributed by atoms with van der Waals surface area (Å²) < 4.78 is 19.5. The van der Waals surface area contributed by atoms with Crippen molar-refractivity contribution in [2.45, 2.75) is 18.6 Å². The second-order valence-electron chi connectivity index (χ2n) is 7.83. The van der Waals surface area contributed by atoms with Gasteiger partial charge >= 0.3 is 0 Å². The Morgan fingerprint density at radius 2 is 1.80 bits per heavy atom. The lowest BCUT2D eigenvalue weighted by molar-refractivity contribution is -0.117. The molecule has 0 bridgehead atoms. The summed E-state index contributed by atoms with van der Waals surface area (Å²) in [5.74, 6) is -0.775. The van der Waals surface area contributed by atoms with Crippen LogP contribution in [0.5, 0.6) is 5.75 Å². The van der Waals surface area contributed by atoms with Crippen molar-refractivity contribution >= 4 is 35.0 Å². The van der Waals surface area contributed by atoms with Crippen LogP contribution in [0.3, 0.4) is 0 Å². The zero-order chi connectivity index (χ0) is 24.9. The molecule has 0 saturated carbocycles. The number of hydrogen-bond donors (Lipinski definition) is 1. The number of nitriles is 1. The van der Waals surface area contributed by atoms with Gasteiger partial charge < -0.3 is 10.1 Å². The summed E-state index contributed by atoms with van der Waals surface area (Å²) in [6, 6.07) is 22.2. The molecule has 0 aliphatic carbocycles. The van der Waals surface area contributed by atoms with Crippen LogP contribution in [0.15, 0.2) is 83.4 Å². The van der Waals surface area contributed by atoms with Crippen LogP contribution in [-0.2, 0) is 16.0 Å². The largest absolute Gasteiger partial charge is 0.497 e. The number of amides is 2. The van der Waals surface area contributed by atoms with Crippen LogP contribution >= 0.6 is 11.8 Å². The van der Waals surface area contributed by atoms with Gasteiger partial charge in [-0.3, -0.25) is 14.5 Å². The molecule has 4 rings (SSSR count).